The van der Waals surface area contributed by atoms with E-state index in [1.807, 2.05) is 6.92 Å². The number of ether oxygens (including phenoxy) is 1. The van der Waals surface area contributed by atoms with Crippen molar-refractivity contribution < 1.29 is 18.7 Å². The maximum Gasteiger partial charge on any atom is 0.321 e. The summed E-state index contributed by atoms with van der Waals surface area (Å²) in [6.45, 7) is 5.30. The van der Waals surface area contributed by atoms with E-state index in [4.69, 9.17) is 4.42 Å². The summed E-state index contributed by atoms with van der Waals surface area (Å²) in [4.78, 5) is 23.6. The van der Waals surface area contributed by atoms with Crippen LogP contribution in [-0.2, 0) is 9.53 Å². The molecule has 1 aromatic rings. The highest BCUT2D eigenvalue weighted by atomic mass is 16.5. The van der Waals surface area contributed by atoms with Gasteiger partial charge in [-0.1, -0.05) is 26.3 Å². The van der Waals surface area contributed by atoms with Crippen LogP contribution < -0.4 is 0 Å². The predicted molar refractivity (Wildman–Crippen MR) is 62.3 cm³/mol. The quantitative estimate of drug-likeness (QED) is 0.316. The first-order valence-corrected chi connectivity index (χ1v) is 5.59. The van der Waals surface area contributed by atoms with E-state index in [0.717, 1.165) is 19.1 Å². The molecular formula is C13H16O4. The molecular weight excluding hydrogens is 220 g/mol. The van der Waals surface area contributed by atoms with E-state index >= 15 is 0 Å². The minimum Gasteiger partial charge on any atom is -0.461 e. The molecule has 0 fully saturated rings. The molecule has 0 bridgehead atoms. The van der Waals surface area contributed by atoms with Crippen LogP contribution in [0, 0.1) is 5.92 Å². The molecule has 1 heterocycles. The molecule has 0 N–H and O–H groups in total. The molecule has 1 atom stereocenters. The van der Waals surface area contributed by atoms with Gasteiger partial charge in [-0.15, -0.1) is 0 Å². The van der Waals surface area contributed by atoms with E-state index in [-0.39, 0.29) is 11.5 Å². The lowest BCUT2D eigenvalue weighted by Crippen LogP contribution is -2.25. The van der Waals surface area contributed by atoms with Crippen LogP contribution >= 0.6 is 0 Å². The number of ketones is 1. The summed E-state index contributed by atoms with van der Waals surface area (Å²) >= 11 is 0. The Kier molecular flexibility index (Phi) is 5.20. The third-order valence-corrected chi connectivity index (χ3v) is 2.41. The van der Waals surface area contributed by atoms with Crippen LogP contribution in [-0.4, -0.2) is 11.8 Å². The summed E-state index contributed by atoms with van der Waals surface area (Å²) in [6, 6.07) is 3.16. The summed E-state index contributed by atoms with van der Waals surface area (Å²) in [7, 11) is 0. The Balaban J connectivity index is 2.78. The molecule has 0 spiro atoms. The van der Waals surface area contributed by atoms with Crippen LogP contribution in [0.5, 0.6) is 0 Å². The Labute approximate surface area is 100 Å². The van der Waals surface area contributed by atoms with E-state index in [0.29, 0.717) is 6.42 Å². The number of carbonyl (C=O) groups excluding carboxylic acids is 2. The van der Waals surface area contributed by atoms with E-state index in [9.17, 15) is 9.59 Å². The van der Waals surface area contributed by atoms with Gasteiger partial charge in [0.05, 0.1) is 12.5 Å². The van der Waals surface area contributed by atoms with Gasteiger partial charge < -0.3 is 9.15 Å². The van der Waals surface area contributed by atoms with Gasteiger partial charge in [-0.3, -0.25) is 9.59 Å². The van der Waals surface area contributed by atoms with Crippen LogP contribution in [0.4, 0.5) is 0 Å². The normalized spacial score (nSPS) is 11.8. The van der Waals surface area contributed by atoms with Gasteiger partial charge in [-0.05, 0) is 18.6 Å². The van der Waals surface area contributed by atoms with Gasteiger partial charge in [0.2, 0.25) is 5.78 Å². The van der Waals surface area contributed by atoms with E-state index in [1.165, 1.54) is 6.26 Å². The summed E-state index contributed by atoms with van der Waals surface area (Å²) in [5, 5.41) is 0. The number of Topliss-reactive ketones (excluding diaryl/α,β-unsaturated/α-hetero) is 1. The first-order valence-electron chi connectivity index (χ1n) is 5.59. The zero-order chi connectivity index (χ0) is 12.7. The molecule has 0 radical (unpaired) electrons. The summed E-state index contributed by atoms with van der Waals surface area (Å²) in [5.41, 5.74) is 0. The highest BCUT2D eigenvalue weighted by molar-refractivity contribution is 6.07. The molecule has 0 aromatic carbocycles. The van der Waals surface area contributed by atoms with Gasteiger partial charge in [-0.25, -0.2) is 0 Å². The fourth-order valence-electron chi connectivity index (χ4n) is 1.52. The number of hydrogen-bond donors (Lipinski definition) is 0. The molecule has 0 amide bonds. The molecule has 4 heteroatoms. The van der Waals surface area contributed by atoms with E-state index in [2.05, 4.69) is 11.3 Å². The zero-order valence-corrected chi connectivity index (χ0v) is 9.85. The van der Waals surface area contributed by atoms with Gasteiger partial charge in [0.25, 0.3) is 0 Å². The zero-order valence-electron chi connectivity index (χ0n) is 9.85. The van der Waals surface area contributed by atoms with Gasteiger partial charge in [-0.2, -0.15) is 0 Å². The predicted octanol–water partition coefficient (Wildman–Crippen LogP) is 2.96. The average molecular weight is 236 g/mol. The third-order valence-electron chi connectivity index (χ3n) is 2.41. The Morgan fingerprint density at radius 3 is 2.88 bits per heavy atom. The molecule has 0 aliphatic heterocycles. The van der Waals surface area contributed by atoms with Crippen molar-refractivity contribution in [1.29, 1.82) is 0 Å². The summed E-state index contributed by atoms with van der Waals surface area (Å²) in [6.07, 6.45) is 4.59. The molecule has 0 saturated heterocycles. The van der Waals surface area contributed by atoms with Crippen molar-refractivity contribution in [2.75, 3.05) is 0 Å². The van der Waals surface area contributed by atoms with Crippen molar-refractivity contribution in [1.82, 2.24) is 0 Å². The average Bonchev–Trinajstić information content (AvgIpc) is 2.83. The highest BCUT2D eigenvalue weighted by Gasteiger charge is 2.29. The molecule has 0 aliphatic carbocycles. The monoisotopic (exact) mass is 236 g/mol. The first kappa shape index (κ1) is 13.2. The minimum atomic E-state index is -0.806. The lowest BCUT2D eigenvalue weighted by Gasteiger charge is -2.11. The molecule has 1 unspecified atom stereocenters. The third kappa shape index (κ3) is 3.59. The van der Waals surface area contributed by atoms with Crippen LogP contribution in [0.3, 0.4) is 0 Å². The highest BCUT2D eigenvalue weighted by Crippen LogP contribution is 2.17. The minimum absolute atomic E-state index is 0.187. The maximum absolute atomic E-state index is 12.0. The second-order valence-corrected chi connectivity index (χ2v) is 3.64. The largest absolute Gasteiger partial charge is 0.461 e. The van der Waals surface area contributed by atoms with Crippen molar-refractivity contribution in [2.24, 2.45) is 5.92 Å². The fraction of sp³-hybridized carbons (Fsp3) is 0.385. The number of esters is 1. The molecule has 1 aromatic heterocycles. The first-order chi connectivity index (χ1) is 8.20. The second-order valence-electron chi connectivity index (χ2n) is 3.64. The van der Waals surface area contributed by atoms with Crippen molar-refractivity contribution in [3.8, 4) is 0 Å². The standard InChI is InChI=1S/C13H16O4/c1-3-5-7-10(13(15)16-4-2)12(14)11-8-6-9-17-11/h4,6,8-10H,2-3,5,7H2,1H3. The van der Waals surface area contributed by atoms with Crippen molar-refractivity contribution in [3.63, 3.8) is 0 Å². The molecule has 17 heavy (non-hydrogen) atoms. The lowest BCUT2D eigenvalue weighted by molar-refractivity contribution is -0.141. The number of hydrogen-bond acceptors (Lipinski definition) is 4. The Hall–Kier alpha value is -1.84. The summed E-state index contributed by atoms with van der Waals surface area (Å²) < 4.78 is 9.68. The van der Waals surface area contributed by atoms with Crippen molar-refractivity contribution >= 4 is 11.8 Å². The second kappa shape index (κ2) is 6.68. The Morgan fingerprint density at radius 2 is 2.35 bits per heavy atom. The maximum atomic E-state index is 12.0. The molecule has 92 valence electrons. The number of unbranched alkanes of at least 4 members (excludes halogenated alkanes) is 1. The number of rotatable bonds is 7. The Bertz CT molecular complexity index is 378. The summed E-state index contributed by atoms with van der Waals surface area (Å²) in [5.74, 6) is -1.53. The Morgan fingerprint density at radius 1 is 1.59 bits per heavy atom. The van der Waals surface area contributed by atoms with Gasteiger partial charge in [0.15, 0.2) is 5.76 Å². The van der Waals surface area contributed by atoms with Gasteiger partial charge >= 0.3 is 5.97 Å². The van der Waals surface area contributed by atoms with Gasteiger partial charge in [0.1, 0.15) is 5.92 Å². The number of furan rings is 1. The molecule has 1 rings (SSSR count). The van der Waals surface area contributed by atoms with Crippen LogP contribution in [0.2, 0.25) is 0 Å². The SMILES string of the molecule is C=COC(=O)C(CCCC)C(=O)c1ccco1. The fourth-order valence-corrected chi connectivity index (χ4v) is 1.52. The van der Waals surface area contributed by atoms with Crippen LogP contribution in [0.1, 0.15) is 36.7 Å². The smallest absolute Gasteiger partial charge is 0.321 e. The molecule has 0 aliphatic rings. The van der Waals surface area contributed by atoms with E-state index < -0.39 is 11.9 Å². The number of carbonyl (C=O) groups is 2. The van der Waals surface area contributed by atoms with Gasteiger partial charge in [0, 0.05) is 0 Å². The van der Waals surface area contributed by atoms with Crippen LogP contribution in [0.15, 0.2) is 35.7 Å². The lowest BCUT2D eigenvalue weighted by atomic mass is 9.96. The van der Waals surface area contributed by atoms with Crippen molar-refractivity contribution in [3.05, 3.63) is 37.0 Å². The van der Waals surface area contributed by atoms with Crippen LogP contribution in [0.25, 0.3) is 0 Å². The van der Waals surface area contributed by atoms with Crippen molar-refractivity contribution in [2.45, 2.75) is 26.2 Å². The molecule has 0 saturated carbocycles. The topological polar surface area (TPSA) is 56.5 Å². The molecule has 4 nitrogen and oxygen atoms in total. The van der Waals surface area contributed by atoms with E-state index in [1.54, 1.807) is 12.1 Å².